The van der Waals surface area contributed by atoms with Crippen LogP contribution in [0.2, 0.25) is 0 Å². The van der Waals surface area contributed by atoms with Crippen molar-refractivity contribution >= 4 is 11.6 Å². The number of rotatable bonds is 5. The van der Waals surface area contributed by atoms with Gasteiger partial charge in [-0.15, -0.1) is 0 Å². The number of amides is 1. The average Bonchev–Trinajstić information content (AvgIpc) is 2.90. The number of hydrogen-bond donors (Lipinski definition) is 1. The monoisotopic (exact) mass is 357 g/mol. The molecule has 4 atom stereocenters. The van der Waals surface area contributed by atoms with Crippen LogP contribution >= 0.6 is 0 Å². The van der Waals surface area contributed by atoms with Crippen LogP contribution in [0.15, 0.2) is 18.2 Å². The number of anilines is 1. The van der Waals surface area contributed by atoms with Crippen LogP contribution in [0.5, 0.6) is 0 Å². The van der Waals surface area contributed by atoms with Crippen molar-refractivity contribution in [2.45, 2.75) is 63.5 Å². The second kappa shape index (κ2) is 7.20. The van der Waals surface area contributed by atoms with Crippen molar-refractivity contribution in [3.8, 4) is 0 Å². The molecule has 1 saturated heterocycles. The van der Waals surface area contributed by atoms with Gasteiger partial charge in [-0.1, -0.05) is 19.1 Å². The molecule has 2 aliphatic heterocycles. The van der Waals surface area contributed by atoms with Gasteiger partial charge in [0.2, 0.25) is 0 Å². The molecule has 0 aromatic heterocycles. The Morgan fingerprint density at radius 2 is 2.19 bits per heavy atom. The molecule has 4 rings (SSSR count). The third kappa shape index (κ3) is 2.81. The first-order valence-electron chi connectivity index (χ1n) is 10.1. The van der Waals surface area contributed by atoms with Gasteiger partial charge in [0.1, 0.15) is 6.61 Å². The number of nitrogens with zero attached hydrogens (tertiary/aromatic N) is 2. The van der Waals surface area contributed by atoms with Gasteiger partial charge in [-0.05, 0) is 68.8 Å². The third-order valence-corrected chi connectivity index (χ3v) is 6.56. The Morgan fingerprint density at radius 1 is 1.35 bits per heavy atom. The molecular formula is C21H31N3O2. The molecule has 3 aliphatic rings. The summed E-state index contributed by atoms with van der Waals surface area (Å²) in [5, 5.41) is 2.09. The zero-order valence-electron chi connectivity index (χ0n) is 16.2. The second-order valence-corrected chi connectivity index (χ2v) is 8.05. The van der Waals surface area contributed by atoms with E-state index in [2.05, 4.69) is 47.4 Å². The maximum Gasteiger partial charge on any atom is 0.264 e. The number of piperidine rings is 1. The fourth-order valence-corrected chi connectivity index (χ4v) is 5.55. The summed E-state index contributed by atoms with van der Waals surface area (Å²) < 4.78 is 5.00. The van der Waals surface area contributed by atoms with Gasteiger partial charge in [0.05, 0.1) is 11.7 Å². The molecule has 1 amide bonds. The van der Waals surface area contributed by atoms with Crippen LogP contribution in [0, 0.1) is 0 Å². The van der Waals surface area contributed by atoms with Crippen LogP contribution in [0.3, 0.4) is 0 Å². The Balaban J connectivity index is 1.68. The van der Waals surface area contributed by atoms with Gasteiger partial charge in [-0.2, -0.15) is 0 Å². The quantitative estimate of drug-likeness (QED) is 0.880. The SMILES string of the molecule is CCCN1CCC[C@@H]2c3cccc4c3C(C[C@H]21)C(C)N4NC(=O)COC. The highest BCUT2D eigenvalue weighted by atomic mass is 16.5. The van der Waals surface area contributed by atoms with Crippen molar-refractivity contribution in [2.75, 3.05) is 31.8 Å². The molecular weight excluding hydrogens is 326 g/mol. The summed E-state index contributed by atoms with van der Waals surface area (Å²) in [6, 6.07) is 7.59. The summed E-state index contributed by atoms with van der Waals surface area (Å²) >= 11 is 0. The lowest BCUT2D eigenvalue weighted by atomic mass is 9.69. The summed E-state index contributed by atoms with van der Waals surface area (Å²) in [6.45, 7) is 7.06. The Morgan fingerprint density at radius 3 is 2.96 bits per heavy atom. The van der Waals surface area contributed by atoms with Crippen molar-refractivity contribution in [2.24, 2.45) is 0 Å². The molecule has 1 fully saturated rings. The van der Waals surface area contributed by atoms with E-state index in [0.29, 0.717) is 17.9 Å². The minimum Gasteiger partial charge on any atom is -0.375 e. The molecule has 26 heavy (non-hydrogen) atoms. The molecule has 0 saturated carbocycles. The van der Waals surface area contributed by atoms with Crippen LogP contribution in [0.25, 0.3) is 0 Å². The summed E-state index contributed by atoms with van der Waals surface area (Å²) in [4.78, 5) is 14.9. The molecule has 1 N–H and O–H groups in total. The molecule has 2 unspecified atom stereocenters. The van der Waals surface area contributed by atoms with Crippen LogP contribution in [0.4, 0.5) is 5.69 Å². The maximum atomic E-state index is 12.2. The molecule has 0 radical (unpaired) electrons. The lowest BCUT2D eigenvalue weighted by Gasteiger charge is -2.47. The van der Waals surface area contributed by atoms with E-state index in [9.17, 15) is 4.79 Å². The third-order valence-electron chi connectivity index (χ3n) is 6.56. The first-order valence-corrected chi connectivity index (χ1v) is 10.1. The van der Waals surface area contributed by atoms with Gasteiger partial charge >= 0.3 is 0 Å². The summed E-state index contributed by atoms with van der Waals surface area (Å²) in [7, 11) is 1.56. The van der Waals surface area contributed by atoms with E-state index in [-0.39, 0.29) is 18.6 Å². The Hall–Kier alpha value is -1.59. The fourth-order valence-electron chi connectivity index (χ4n) is 5.55. The van der Waals surface area contributed by atoms with E-state index < -0.39 is 0 Å². The number of hydrogen-bond acceptors (Lipinski definition) is 4. The standard InChI is InChI=1S/C21H31N3O2/c1-4-10-23-11-6-8-15-16-7-5-9-18-21(16)17(12-19(15)23)14(2)24(18)22-20(25)13-26-3/h5,7,9,14-15,17,19H,4,6,8,10-13H2,1-3H3,(H,22,25)/t14?,15-,17?,19-/m1/s1. The van der Waals surface area contributed by atoms with E-state index in [1.54, 1.807) is 7.11 Å². The summed E-state index contributed by atoms with van der Waals surface area (Å²) in [6.07, 6.45) is 5.00. The van der Waals surface area contributed by atoms with Gasteiger partial charge < -0.3 is 4.74 Å². The normalized spacial score (nSPS) is 30.0. The van der Waals surface area contributed by atoms with Gasteiger partial charge in [0.15, 0.2) is 0 Å². The number of fused-ring (bicyclic) bond motifs is 2. The number of benzene rings is 1. The van der Waals surface area contributed by atoms with Crippen molar-refractivity contribution < 1.29 is 9.53 Å². The zero-order valence-corrected chi connectivity index (χ0v) is 16.2. The van der Waals surface area contributed by atoms with Crippen molar-refractivity contribution in [1.29, 1.82) is 0 Å². The number of carbonyl (C=O) groups is 1. The molecule has 1 aromatic carbocycles. The Kier molecular flexibility index (Phi) is 4.93. The first kappa shape index (κ1) is 17.8. The highest BCUT2D eigenvalue weighted by Crippen LogP contribution is 2.53. The smallest absolute Gasteiger partial charge is 0.264 e. The predicted molar refractivity (Wildman–Crippen MR) is 103 cm³/mol. The van der Waals surface area contributed by atoms with Crippen molar-refractivity contribution in [3.63, 3.8) is 0 Å². The summed E-state index contributed by atoms with van der Waals surface area (Å²) in [5.41, 5.74) is 7.28. The Labute approximate surface area is 156 Å². The van der Waals surface area contributed by atoms with E-state index in [1.807, 2.05) is 0 Å². The second-order valence-electron chi connectivity index (χ2n) is 8.05. The van der Waals surface area contributed by atoms with Crippen LogP contribution < -0.4 is 10.4 Å². The molecule has 2 heterocycles. The van der Waals surface area contributed by atoms with Crippen LogP contribution in [-0.4, -0.2) is 49.7 Å². The predicted octanol–water partition coefficient (Wildman–Crippen LogP) is 3.02. The number of carbonyl (C=O) groups excluding carboxylic acids is 1. The maximum absolute atomic E-state index is 12.2. The average molecular weight is 357 g/mol. The van der Waals surface area contributed by atoms with Crippen molar-refractivity contribution in [1.82, 2.24) is 10.3 Å². The topological polar surface area (TPSA) is 44.8 Å². The Bertz CT molecular complexity index is 675. The van der Waals surface area contributed by atoms with Gasteiger partial charge in [-0.3, -0.25) is 20.1 Å². The number of methoxy groups -OCH3 is 1. The molecule has 5 nitrogen and oxygen atoms in total. The van der Waals surface area contributed by atoms with Crippen LogP contribution in [0.1, 0.15) is 62.5 Å². The fraction of sp³-hybridized carbons (Fsp3) is 0.667. The molecule has 1 aromatic rings. The van der Waals surface area contributed by atoms with Crippen molar-refractivity contribution in [3.05, 3.63) is 29.3 Å². The van der Waals surface area contributed by atoms with E-state index >= 15 is 0 Å². The van der Waals surface area contributed by atoms with E-state index in [4.69, 9.17) is 4.74 Å². The number of likely N-dealkylation sites (tertiary alicyclic amines) is 1. The number of ether oxygens (including phenoxy) is 1. The molecule has 142 valence electrons. The zero-order chi connectivity index (χ0) is 18.3. The van der Waals surface area contributed by atoms with Gasteiger partial charge in [-0.25, -0.2) is 0 Å². The summed E-state index contributed by atoms with van der Waals surface area (Å²) in [5.74, 6) is 1.05. The molecule has 0 bridgehead atoms. The van der Waals surface area contributed by atoms with E-state index in [0.717, 1.165) is 0 Å². The largest absolute Gasteiger partial charge is 0.375 e. The molecule has 5 heteroatoms. The van der Waals surface area contributed by atoms with Gasteiger partial charge in [0, 0.05) is 19.1 Å². The van der Waals surface area contributed by atoms with Crippen LogP contribution in [-0.2, 0) is 9.53 Å². The number of nitrogens with one attached hydrogen (secondary N) is 1. The molecule has 1 aliphatic carbocycles. The first-order chi connectivity index (χ1) is 12.7. The van der Waals surface area contributed by atoms with Gasteiger partial charge in [0.25, 0.3) is 5.91 Å². The highest BCUT2D eigenvalue weighted by Gasteiger charge is 2.47. The minimum absolute atomic E-state index is 0.0828. The van der Waals surface area contributed by atoms with E-state index in [1.165, 1.54) is 55.6 Å². The molecule has 0 spiro atoms. The lowest BCUT2D eigenvalue weighted by Crippen LogP contribution is -2.50. The number of hydrazine groups is 1. The minimum atomic E-state index is -0.0828. The lowest BCUT2D eigenvalue weighted by molar-refractivity contribution is -0.125. The highest BCUT2D eigenvalue weighted by molar-refractivity contribution is 5.80.